The molecule has 2 aromatic rings. The fourth-order valence-electron chi connectivity index (χ4n) is 2.31. The van der Waals surface area contributed by atoms with Gasteiger partial charge in [0.25, 0.3) is 5.91 Å². The lowest BCUT2D eigenvalue weighted by atomic mass is 10.0. The van der Waals surface area contributed by atoms with Crippen LogP contribution in [-0.2, 0) is 14.3 Å². The van der Waals surface area contributed by atoms with Crippen LogP contribution in [0.5, 0.6) is 5.75 Å². The third-order valence-corrected chi connectivity index (χ3v) is 3.92. The number of carbonyl (C=O) groups is 3. The summed E-state index contributed by atoms with van der Waals surface area (Å²) >= 11 is 0. The van der Waals surface area contributed by atoms with Crippen LogP contribution in [0.2, 0.25) is 0 Å². The van der Waals surface area contributed by atoms with Gasteiger partial charge in [-0.25, -0.2) is 4.79 Å². The summed E-state index contributed by atoms with van der Waals surface area (Å²) in [5.74, 6) is -0.765. The number of benzene rings is 2. The third-order valence-electron chi connectivity index (χ3n) is 3.92. The fourth-order valence-corrected chi connectivity index (χ4v) is 2.31. The number of carbonyl (C=O) groups excluding carboxylic acids is 3. The average Bonchev–Trinajstić information content (AvgIpc) is 2.66. The Balaban J connectivity index is 1.95. The van der Waals surface area contributed by atoms with Crippen molar-refractivity contribution in [1.29, 1.82) is 0 Å². The van der Waals surface area contributed by atoms with Gasteiger partial charge in [-0.05, 0) is 48.7 Å². The summed E-state index contributed by atoms with van der Waals surface area (Å²) in [6.07, 6.45) is 0.809. The van der Waals surface area contributed by atoms with Crippen LogP contribution < -0.4 is 10.1 Å². The molecule has 0 unspecified atom stereocenters. The van der Waals surface area contributed by atoms with Gasteiger partial charge in [0.15, 0.2) is 6.61 Å². The maximum absolute atomic E-state index is 12.0. The molecule has 142 valence electrons. The molecule has 0 saturated carbocycles. The lowest BCUT2D eigenvalue weighted by Crippen LogP contribution is -2.35. The van der Waals surface area contributed by atoms with E-state index in [1.807, 2.05) is 26.0 Å². The number of amides is 1. The van der Waals surface area contributed by atoms with Crippen LogP contribution >= 0.6 is 0 Å². The quantitative estimate of drug-likeness (QED) is 0.598. The standard InChI is InChI=1S/C21H23NO5/c1-4-14(2)22-20(24)13-26-21(25)18-7-5-16(6-8-18)17-9-11-19(12-10-17)27-15(3)23/h5-12,14H,4,13H2,1-3H3,(H,22,24)/t14-/m0/s1. The molecule has 6 heteroatoms. The molecule has 0 saturated heterocycles. The summed E-state index contributed by atoms with van der Waals surface area (Å²) in [6.45, 7) is 4.89. The van der Waals surface area contributed by atoms with E-state index in [2.05, 4.69) is 5.32 Å². The summed E-state index contributed by atoms with van der Waals surface area (Å²) in [4.78, 5) is 34.7. The van der Waals surface area contributed by atoms with Gasteiger partial charge in [-0.1, -0.05) is 31.2 Å². The first-order valence-electron chi connectivity index (χ1n) is 8.74. The lowest BCUT2D eigenvalue weighted by molar-refractivity contribution is -0.131. The second kappa shape index (κ2) is 9.52. The molecule has 0 radical (unpaired) electrons. The molecule has 0 aliphatic rings. The Morgan fingerprint density at radius 1 is 0.963 bits per heavy atom. The number of hydrogen-bond acceptors (Lipinski definition) is 5. The largest absolute Gasteiger partial charge is 0.452 e. The molecule has 1 amide bonds. The van der Waals surface area contributed by atoms with Crippen molar-refractivity contribution in [2.24, 2.45) is 0 Å². The Kier molecular flexibility index (Phi) is 7.11. The predicted octanol–water partition coefficient (Wildman–Crippen LogP) is 3.35. The van der Waals surface area contributed by atoms with Crippen molar-refractivity contribution in [2.75, 3.05) is 6.61 Å². The van der Waals surface area contributed by atoms with Crippen LogP contribution in [0.1, 0.15) is 37.6 Å². The van der Waals surface area contributed by atoms with Gasteiger partial charge in [0.05, 0.1) is 5.56 Å². The van der Waals surface area contributed by atoms with Crippen LogP contribution in [0, 0.1) is 0 Å². The van der Waals surface area contributed by atoms with Gasteiger partial charge in [-0.15, -0.1) is 0 Å². The Labute approximate surface area is 158 Å². The molecule has 0 heterocycles. The Hall–Kier alpha value is -3.15. The minimum atomic E-state index is -0.550. The molecule has 0 bridgehead atoms. The highest BCUT2D eigenvalue weighted by Crippen LogP contribution is 2.23. The first kappa shape index (κ1) is 20.2. The van der Waals surface area contributed by atoms with Gasteiger partial charge in [0.1, 0.15) is 5.75 Å². The monoisotopic (exact) mass is 369 g/mol. The number of nitrogens with one attached hydrogen (secondary N) is 1. The molecule has 1 N–H and O–H groups in total. The van der Waals surface area contributed by atoms with E-state index in [0.717, 1.165) is 17.5 Å². The highest BCUT2D eigenvalue weighted by atomic mass is 16.5. The molecular formula is C21H23NO5. The van der Waals surface area contributed by atoms with E-state index in [-0.39, 0.29) is 24.5 Å². The smallest absolute Gasteiger partial charge is 0.338 e. The van der Waals surface area contributed by atoms with Crippen molar-refractivity contribution in [2.45, 2.75) is 33.2 Å². The van der Waals surface area contributed by atoms with Crippen LogP contribution in [0.4, 0.5) is 0 Å². The number of esters is 2. The van der Waals surface area contributed by atoms with Gasteiger partial charge in [-0.3, -0.25) is 9.59 Å². The van der Waals surface area contributed by atoms with E-state index in [4.69, 9.17) is 9.47 Å². The van der Waals surface area contributed by atoms with Gasteiger partial charge >= 0.3 is 11.9 Å². The third kappa shape index (κ3) is 6.26. The van der Waals surface area contributed by atoms with E-state index in [1.165, 1.54) is 6.92 Å². The summed E-state index contributed by atoms with van der Waals surface area (Å²) in [5, 5.41) is 2.74. The van der Waals surface area contributed by atoms with Crippen LogP contribution in [0.25, 0.3) is 11.1 Å². The second-order valence-corrected chi connectivity index (χ2v) is 6.15. The Morgan fingerprint density at radius 3 is 2.04 bits per heavy atom. The number of hydrogen-bond donors (Lipinski definition) is 1. The molecule has 0 aliphatic carbocycles. The first-order valence-corrected chi connectivity index (χ1v) is 8.74. The van der Waals surface area contributed by atoms with Crippen LogP contribution in [0.15, 0.2) is 48.5 Å². The second-order valence-electron chi connectivity index (χ2n) is 6.15. The molecule has 0 spiro atoms. The molecule has 0 aliphatic heterocycles. The molecule has 0 aromatic heterocycles. The van der Waals surface area contributed by atoms with Crippen molar-refractivity contribution in [3.05, 3.63) is 54.1 Å². The first-order chi connectivity index (χ1) is 12.9. The Morgan fingerprint density at radius 2 is 1.52 bits per heavy atom. The van der Waals surface area contributed by atoms with E-state index in [0.29, 0.717) is 11.3 Å². The van der Waals surface area contributed by atoms with Gasteiger partial charge in [0.2, 0.25) is 0 Å². The molecule has 2 rings (SSSR count). The number of rotatable bonds is 7. The minimum Gasteiger partial charge on any atom is -0.452 e. The van der Waals surface area contributed by atoms with Gasteiger partial charge < -0.3 is 14.8 Å². The Bertz CT molecular complexity index is 796. The lowest BCUT2D eigenvalue weighted by Gasteiger charge is -2.11. The molecule has 0 fully saturated rings. The van der Waals surface area contributed by atoms with Crippen molar-refractivity contribution < 1.29 is 23.9 Å². The topological polar surface area (TPSA) is 81.7 Å². The molecule has 1 atom stereocenters. The van der Waals surface area contributed by atoms with Crippen molar-refractivity contribution >= 4 is 17.8 Å². The van der Waals surface area contributed by atoms with E-state index >= 15 is 0 Å². The summed E-state index contributed by atoms with van der Waals surface area (Å²) in [6, 6.07) is 14.0. The van der Waals surface area contributed by atoms with Crippen LogP contribution in [-0.4, -0.2) is 30.5 Å². The van der Waals surface area contributed by atoms with Crippen molar-refractivity contribution in [1.82, 2.24) is 5.32 Å². The summed E-state index contributed by atoms with van der Waals surface area (Å²) in [5.41, 5.74) is 2.18. The maximum atomic E-state index is 12.0. The van der Waals surface area contributed by atoms with E-state index < -0.39 is 5.97 Å². The van der Waals surface area contributed by atoms with Crippen LogP contribution in [0.3, 0.4) is 0 Å². The minimum absolute atomic E-state index is 0.0442. The average molecular weight is 369 g/mol. The highest BCUT2D eigenvalue weighted by molar-refractivity contribution is 5.91. The van der Waals surface area contributed by atoms with Gasteiger partial charge in [-0.2, -0.15) is 0 Å². The summed E-state index contributed by atoms with van der Waals surface area (Å²) in [7, 11) is 0. The van der Waals surface area contributed by atoms with Gasteiger partial charge in [0, 0.05) is 13.0 Å². The predicted molar refractivity (Wildman–Crippen MR) is 101 cm³/mol. The summed E-state index contributed by atoms with van der Waals surface area (Å²) < 4.78 is 10.0. The maximum Gasteiger partial charge on any atom is 0.338 e. The zero-order valence-corrected chi connectivity index (χ0v) is 15.7. The van der Waals surface area contributed by atoms with Crippen molar-refractivity contribution in [3.63, 3.8) is 0 Å². The molecular weight excluding hydrogens is 346 g/mol. The highest BCUT2D eigenvalue weighted by Gasteiger charge is 2.12. The van der Waals surface area contributed by atoms with E-state index in [9.17, 15) is 14.4 Å². The van der Waals surface area contributed by atoms with Crippen molar-refractivity contribution in [3.8, 4) is 16.9 Å². The zero-order valence-electron chi connectivity index (χ0n) is 15.7. The fraction of sp³-hybridized carbons (Fsp3) is 0.286. The molecule has 27 heavy (non-hydrogen) atoms. The molecule has 6 nitrogen and oxygen atoms in total. The normalized spacial score (nSPS) is 11.4. The van der Waals surface area contributed by atoms with E-state index in [1.54, 1.807) is 36.4 Å². The zero-order chi connectivity index (χ0) is 19.8. The number of ether oxygens (including phenoxy) is 2. The SMILES string of the molecule is CC[C@H](C)NC(=O)COC(=O)c1ccc(-c2ccc(OC(C)=O)cc2)cc1. The molecule has 2 aromatic carbocycles.